The van der Waals surface area contributed by atoms with Gasteiger partial charge in [-0.05, 0) is 74.1 Å². The predicted octanol–water partition coefficient (Wildman–Crippen LogP) is 5.40. The number of nitrogens with one attached hydrogen (secondary N) is 1. The van der Waals surface area contributed by atoms with E-state index in [1.54, 1.807) is 19.1 Å². The number of aliphatic hydroxyl groups is 1. The van der Waals surface area contributed by atoms with Gasteiger partial charge < -0.3 is 15.3 Å². The largest absolute Gasteiger partial charge is 0.387 e. The van der Waals surface area contributed by atoms with Gasteiger partial charge in [0.15, 0.2) is 0 Å². The first kappa shape index (κ1) is 25.7. The van der Waals surface area contributed by atoms with Crippen molar-refractivity contribution in [3.8, 4) is 0 Å². The van der Waals surface area contributed by atoms with Crippen LogP contribution in [-0.2, 0) is 11.3 Å². The summed E-state index contributed by atoms with van der Waals surface area (Å²) in [6.45, 7) is 2.37. The van der Waals surface area contributed by atoms with E-state index in [1.165, 1.54) is 17.7 Å². The second-order valence-electron chi connectivity index (χ2n) is 9.59. The van der Waals surface area contributed by atoms with E-state index >= 15 is 0 Å². The summed E-state index contributed by atoms with van der Waals surface area (Å²) < 4.78 is 13.5. The van der Waals surface area contributed by atoms with Crippen LogP contribution in [0.2, 0.25) is 0 Å². The first-order valence-corrected chi connectivity index (χ1v) is 12.0. The van der Waals surface area contributed by atoms with E-state index in [-0.39, 0.29) is 30.2 Å². The van der Waals surface area contributed by atoms with Crippen molar-refractivity contribution in [3.05, 3.63) is 71.5 Å². The molecule has 4 rings (SSSR count). The third-order valence-corrected chi connectivity index (χ3v) is 7.32. The molecule has 1 aliphatic carbocycles. The highest BCUT2D eigenvalue weighted by Gasteiger charge is 2.33. The topological polar surface area (TPSA) is 52.6 Å². The maximum absolute atomic E-state index is 13.5. The number of hydrogen-bond acceptors (Lipinski definition) is 3. The SMILES string of the molecule is CC(=O)N(Cc1ccccc1)C1CCC(C[C@@H]2CC[C@H]([C@@H](O)c3cccc(F)c3)N2)CC1.Cl. The van der Waals surface area contributed by atoms with Gasteiger partial charge in [0.2, 0.25) is 5.91 Å². The summed E-state index contributed by atoms with van der Waals surface area (Å²) in [5.74, 6) is 0.503. The van der Waals surface area contributed by atoms with Gasteiger partial charge in [-0.1, -0.05) is 42.5 Å². The Kier molecular flexibility index (Phi) is 9.30. The fraction of sp³-hybridized carbons (Fsp3) is 0.519. The minimum Gasteiger partial charge on any atom is -0.387 e. The molecule has 1 amide bonds. The molecule has 33 heavy (non-hydrogen) atoms. The number of nitrogens with zero attached hydrogens (tertiary/aromatic N) is 1. The molecular weight excluding hydrogens is 439 g/mol. The molecule has 0 spiro atoms. The first-order valence-electron chi connectivity index (χ1n) is 12.0. The molecule has 2 aromatic carbocycles. The quantitative estimate of drug-likeness (QED) is 0.565. The van der Waals surface area contributed by atoms with Crippen molar-refractivity contribution in [2.45, 2.75) is 82.6 Å². The summed E-state index contributed by atoms with van der Waals surface area (Å²) in [6, 6.07) is 17.2. The number of hydrogen-bond donors (Lipinski definition) is 2. The molecule has 1 saturated carbocycles. The first-order chi connectivity index (χ1) is 15.5. The molecule has 2 fully saturated rings. The third-order valence-electron chi connectivity index (χ3n) is 7.32. The normalized spacial score (nSPS) is 25.8. The van der Waals surface area contributed by atoms with Crippen LogP contribution in [0.4, 0.5) is 4.39 Å². The second kappa shape index (κ2) is 12.0. The van der Waals surface area contributed by atoms with Crippen LogP contribution in [0.25, 0.3) is 0 Å². The van der Waals surface area contributed by atoms with Gasteiger partial charge in [-0.3, -0.25) is 4.79 Å². The lowest BCUT2D eigenvalue weighted by atomic mass is 9.81. The summed E-state index contributed by atoms with van der Waals surface area (Å²) in [6.07, 6.45) is 6.78. The standard InChI is InChI=1S/C27H35FN2O2.ClH/c1-19(31)30(18-21-6-3-2-4-7-21)25-13-10-20(11-14-25)16-24-12-15-26(29-24)27(32)22-8-5-9-23(28)17-22;/h2-9,17,20,24-27,29,32H,10-16,18H2,1H3;1H/t20?,24-,25?,26+,27-;/m0./s1. The van der Waals surface area contributed by atoms with E-state index in [2.05, 4.69) is 17.4 Å². The smallest absolute Gasteiger partial charge is 0.219 e. The van der Waals surface area contributed by atoms with Crippen molar-refractivity contribution in [2.24, 2.45) is 5.92 Å². The van der Waals surface area contributed by atoms with Crippen LogP contribution in [0, 0.1) is 11.7 Å². The Morgan fingerprint density at radius 1 is 1.06 bits per heavy atom. The summed E-state index contributed by atoms with van der Waals surface area (Å²) >= 11 is 0. The molecule has 1 aliphatic heterocycles. The van der Waals surface area contributed by atoms with E-state index in [0.717, 1.165) is 44.9 Å². The molecule has 4 nitrogen and oxygen atoms in total. The van der Waals surface area contributed by atoms with E-state index in [4.69, 9.17) is 0 Å². The van der Waals surface area contributed by atoms with E-state index in [1.807, 2.05) is 23.1 Å². The highest BCUT2D eigenvalue weighted by Crippen LogP contribution is 2.34. The molecule has 180 valence electrons. The Morgan fingerprint density at radius 2 is 1.79 bits per heavy atom. The molecule has 0 aromatic heterocycles. The van der Waals surface area contributed by atoms with Crippen LogP contribution in [0.3, 0.4) is 0 Å². The fourth-order valence-corrected chi connectivity index (χ4v) is 5.58. The van der Waals surface area contributed by atoms with Crippen molar-refractivity contribution in [1.82, 2.24) is 10.2 Å². The molecule has 0 bridgehead atoms. The fourth-order valence-electron chi connectivity index (χ4n) is 5.58. The highest BCUT2D eigenvalue weighted by atomic mass is 35.5. The van der Waals surface area contributed by atoms with Crippen molar-refractivity contribution < 1.29 is 14.3 Å². The van der Waals surface area contributed by atoms with Gasteiger partial charge in [0.25, 0.3) is 0 Å². The number of halogens is 2. The lowest BCUT2D eigenvalue weighted by Crippen LogP contribution is -2.41. The predicted molar refractivity (Wildman–Crippen MR) is 132 cm³/mol. The van der Waals surface area contributed by atoms with Crippen molar-refractivity contribution in [3.63, 3.8) is 0 Å². The zero-order valence-corrected chi connectivity index (χ0v) is 20.1. The van der Waals surface area contributed by atoms with Gasteiger partial charge in [-0.15, -0.1) is 12.4 Å². The van der Waals surface area contributed by atoms with Crippen molar-refractivity contribution in [1.29, 1.82) is 0 Å². The molecular formula is C27H36ClFN2O2. The number of rotatable bonds is 7. The molecule has 2 N–H and O–H groups in total. The summed E-state index contributed by atoms with van der Waals surface area (Å²) in [5, 5.41) is 14.3. The minimum absolute atomic E-state index is 0. The lowest BCUT2D eigenvalue weighted by molar-refractivity contribution is -0.132. The van der Waals surface area contributed by atoms with Gasteiger partial charge in [0.1, 0.15) is 5.82 Å². The maximum atomic E-state index is 13.5. The Hall–Kier alpha value is -1.95. The number of amides is 1. The van der Waals surface area contributed by atoms with Gasteiger partial charge in [0.05, 0.1) is 6.10 Å². The van der Waals surface area contributed by atoms with E-state index in [9.17, 15) is 14.3 Å². The average molecular weight is 475 g/mol. The van der Waals surface area contributed by atoms with Gasteiger partial charge in [-0.25, -0.2) is 4.39 Å². The van der Waals surface area contributed by atoms with Crippen molar-refractivity contribution >= 4 is 18.3 Å². The summed E-state index contributed by atoms with van der Waals surface area (Å²) in [7, 11) is 0. The van der Waals surface area contributed by atoms with Gasteiger partial charge >= 0.3 is 0 Å². The van der Waals surface area contributed by atoms with Crippen LogP contribution in [0.5, 0.6) is 0 Å². The molecule has 0 radical (unpaired) electrons. The summed E-state index contributed by atoms with van der Waals surface area (Å²) in [4.78, 5) is 14.4. The molecule has 0 unspecified atom stereocenters. The molecule has 1 saturated heterocycles. The lowest BCUT2D eigenvalue weighted by Gasteiger charge is -2.37. The highest BCUT2D eigenvalue weighted by molar-refractivity contribution is 5.85. The maximum Gasteiger partial charge on any atom is 0.219 e. The molecule has 6 heteroatoms. The number of carbonyl (C=O) groups is 1. The van der Waals surface area contributed by atoms with Crippen LogP contribution in [0.15, 0.2) is 54.6 Å². The van der Waals surface area contributed by atoms with Gasteiger partial charge in [-0.2, -0.15) is 0 Å². The average Bonchev–Trinajstić information content (AvgIpc) is 3.26. The van der Waals surface area contributed by atoms with Gasteiger partial charge in [0, 0.05) is 31.6 Å². The molecule has 1 heterocycles. The second-order valence-corrected chi connectivity index (χ2v) is 9.59. The Labute approximate surface area is 203 Å². The Morgan fingerprint density at radius 3 is 2.45 bits per heavy atom. The van der Waals surface area contributed by atoms with Crippen molar-refractivity contribution in [2.75, 3.05) is 0 Å². The van der Waals surface area contributed by atoms with E-state index in [0.29, 0.717) is 30.1 Å². The molecule has 2 aromatic rings. The minimum atomic E-state index is -0.673. The Balaban J connectivity index is 0.00000306. The van der Waals surface area contributed by atoms with Crippen LogP contribution in [-0.4, -0.2) is 34.0 Å². The zero-order valence-electron chi connectivity index (χ0n) is 19.3. The van der Waals surface area contributed by atoms with Crippen LogP contribution < -0.4 is 5.32 Å². The molecule has 2 aliphatic rings. The number of aliphatic hydroxyl groups excluding tert-OH is 1. The molecule has 3 atom stereocenters. The third kappa shape index (κ3) is 6.78. The Bertz CT molecular complexity index is 889. The zero-order chi connectivity index (χ0) is 22.5. The summed E-state index contributed by atoms with van der Waals surface area (Å²) in [5.41, 5.74) is 1.83. The van der Waals surface area contributed by atoms with E-state index < -0.39 is 6.10 Å². The van der Waals surface area contributed by atoms with Crippen LogP contribution in [0.1, 0.15) is 69.1 Å². The monoisotopic (exact) mass is 474 g/mol. The number of carbonyl (C=O) groups excluding carboxylic acids is 1. The number of benzene rings is 2. The van der Waals surface area contributed by atoms with Crippen LogP contribution >= 0.6 is 12.4 Å².